The highest BCUT2D eigenvalue weighted by atomic mass is 16.5. The third kappa shape index (κ3) is 1.19. The van der Waals surface area contributed by atoms with Gasteiger partial charge in [0.2, 0.25) is 0 Å². The SMILES string of the molecule is Nc1cn(C2CCOC2)nn1. The Bertz CT molecular complexity index is 240. The summed E-state index contributed by atoms with van der Waals surface area (Å²) in [7, 11) is 0. The lowest BCUT2D eigenvalue weighted by Crippen LogP contribution is -2.08. The Kier molecular flexibility index (Phi) is 1.50. The Balaban J connectivity index is 2.15. The van der Waals surface area contributed by atoms with Crippen molar-refractivity contribution in [3.05, 3.63) is 6.20 Å². The summed E-state index contributed by atoms with van der Waals surface area (Å²) < 4.78 is 6.96. The molecule has 0 radical (unpaired) electrons. The molecule has 1 atom stereocenters. The second-order valence-electron chi connectivity index (χ2n) is 2.64. The summed E-state index contributed by atoms with van der Waals surface area (Å²) in [6, 6.07) is 0.333. The summed E-state index contributed by atoms with van der Waals surface area (Å²) in [4.78, 5) is 0. The van der Waals surface area contributed by atoms with Crippen LogP contribution in [0.4, 0.5) is 5.82 Å². The van der Waals surface area contributed by atoms with Gasteiger partial charge in [0.1, 0.15) is 0 Å². The Morgan fingerprint density at radius 1 is 1.73 bits per heavy atom. The van der Waals surface area contributed by atoms with Crippen LogP contribution in [0.1, 0.15) is 12.5 Å². The quantitative estimate of drug-likeness (QED) is 0.609. The maximum Gasteiger partial charge on any atom is 0.165 e. The molecule has 0 saturated carbocycles. The second kappa shape index (κ2) is 2.50. The average molecular weight is 154 g/mol. The van der Waals surface area contributed by atoms with Crippen LogP contribution in [-0.2, 0) is 4.74 Å². The van der Waals surface area contributed by atoms with Gasteiger partial charge in [0.05, 0.1) is 18.8 Å². The molecule has 1 aliphatic rings. The normalized spacial score (nSPS) is 24.2. The van der Waals surface area contributed by atoms with E-state index >= 15 is 0 Å². The number of aromatic nitrogens is 3. The van der Waals surface area contributed by atoms with Crippen molar-refractivity contribution in [3.8, 4) is 0 Å². The molecular weight excluding hydrogens is 144 g/mol. The molecular formula is C6H10N4O. The maximum atomic E-state index is 5.41. The summed E-state index contributed by atoms with van der Waals surface area (Å²) in [6.45, 7) is 1.53. The van der Waals surface area contributed by atoms with Crippen LogP contribution in [0, 0.1) is 0 Å². The van der Waals surface area contributed by atoms with Crippen LogP contribution in [0.5, 0.6) is 0 Å². The van der Waals surface area contributed by atoms with Gasteiger partial charge in [-0.3, -0.25) is 0 Å². The number of hydrogen-bond acceptors (Lipinski definition) is 4. The molecule has 60 valence electrons. The zero-order chi connectivity index (χ0) is 7.68. The van der Waals surface area contributed by atoms with Crippen LogP contribution in [0.25, 0.3) is 0 Å². The van der Waals surface area contributed by atoms with E-state index in [-0.39, 0.29) is 0 Å². The van der Waals surface area contributed by atoms with Crippen LogP contribution in [0.15, 0.2) is 6.20 Å². The van der Waals surface area contributed by atoms with E-state index in [0.29, 0.717) is 11.9 Å². The standard InChI is InChI=1S/C6H10N4O/c7-6-3-10(9-8-6)5-1-2-11-4-5/h3,5H,1-2,4,7H2. The van der Waals surface area contributed by atoms with E-state index in [1.54, 1.807) is 10.9 Å². The van der Waals surface area contributed by atoms with E-state index in [2.05, 4.69) is 10.3 Å². The van der Waals surface area contributed by atoms with E-state index in [0.717, 1.165) is 19.6 Å². The summed E-state index contributed by atoms with van der Waals surface area (Å²) in [6.07, 6.45) is 2.74. The molecule has 0 aromatic carbocycles. The zero-order valence-electron chi connectivity index (χ0n) is 6.10. The van der Waals surface area contributed by atoms with Gasteiger partial charge in [0.15, 0.2) is 5.82 Å². The van der Waals surface area contributed by atoms with Gasteiger partial charge in [-0.2, -0.15) is 0 Å². The highest BCUT2D eigenvalue weighted by Gasteiger charge is 2.18. The van der Waals surface area contributed by atoms with Crippen LogP contribution < -0.4 is 5.73 Å². The Morgan fingerprint density at radius 3 is 3.18 bits per heavy atom. The molecule has 0 amide bonds. The highest BCUT2D eigenvalue weighted by molar-refractivity contribution is 5.20. The number of nitrogens with zero attached hydrogens (tertiary/aromatic N) is 3. The lowest BCUT2D eigenvalue weighted by molar-refractivity contribution is 0.184. The van der Waals surface area contributed by atoms with Crippen molar-refractivity contribution < 1.29 is 4.74 Å². The predicted octanol–water partition coefficient (Wildman–Crippen LogP) is -0.178. The van der Waals surface area contributed by atoms with Crippen molar-refractivity contribution in [2.75, 3.05) is 18.9 Å². The zero-order valence-corrected chi connectivity index (χ0v) is 6.10. The molecule has 0 spiro atoms. The Morgan fingerprint density at radius 2 is 2.64 bits per heavy atom. The topological polar surface area (TPSA) is 66.0 Å². The van der Waals surface area contributed by atoms with Crippen molar-refractivity contribution in [2.24, 2.45) is 0 Å². The lowest BCUT2D eigenvalue weighted by Gasteiger charge is -2.04. The Labute approximate surface area is 64.1 Å². The van der Waals surface area contributed by atoms with E-state index in [4.69, 9.17) is 10.5 Å². The summed E-state index contributed by atoms with van der Waals surface area (Å²) in [5, 5.41) is 7.56. The van der Waals surface area contributed by atoms with Gasteiger partial charge in [0, 0.05) is 6.61 Å². The lowest BCUT2D eigenvalue weighted by atomic mass is 10.3. The summed E-state index contributed by atoms with van der Waals surface area (Å²) in [5.41, 5.74) is 5.41. The second-order valence-corrected chi connectivity index (χ2v) is 2.64. The molecule has 5 nitrogen and oxygen atoms in total. The fourth-order valence-corrected chi connectivity index (χ4v) is 1.20. The Hall–Kier alpha value is -1.10. The first-order valence-electron chi connectivity index (χ1n) is 3.61. The minimum absolute atomic E-state index is 0.333. The van der Waals surface area contributed by atoms with E-state index in [9.17, 15) is 0 Å². The van der Waals surface area contributed by atoms with Crippen molar-refractivity contribution in [2.45, 2.75) is 12.5 Å². The highest BCUT2D eigenvalue weighted by Crippen LogP contribution is 2.17. The first-order chi connectivity index (χ1) is 5.36. The molecule has 5 heteroatoms. The number of rotatable bonds is 1. The molecule has 2 rings (SSSR count). The molecule has 1 aromatic heterocycles. The van der Waals surface area contributed by atoms with Gasteiger partial charge in [0.25, 0.3) is 0 Å². The number of ether oxygens (including phenoxy) is 1. The maximum absolute atomic E-state index is 5.41. The molecule has 1 fully saturated rings. The molecule has 1 aromatic rings. The largest absolute Gasteiger partial charge is 0.381 e. The summed E-state index contributed by atoms with van der Waals surface area (Å²) >= 11 is 0. The van der Waals surface area contributed by atoms with Gasteiger partial charge < -0.3 is 10.5 Å². The van der Waals surface area contributed by atoms with Gasteiger partial charge in [-0.15, -0.1) is 5.10 Å². The smallest absolute Gasteiger partial charge is 0.165 e. The van der Waals surface area contributed by atoms with Gasteiger partial charge in [-0.05, 0) is 6.42 Å². The first-order valence-corrected chi connectivity index (χ1v) is 3.61. The minimum atomic E-state index is 0.333. The van der Waals surface area contributed by atoms with Crippen molar-refractivity contribution >= 4 is 5.82 Å². The summed E-state index contributed by atoms with van der Waals surface area (Å²) in [5.74, 6) is 0.469. The fraction of sp³-hybridized carbons (Fsp3) is 0.667. The number of nitrogen functional groups attached to an aromatic ring is 1. The van der Waals surface area contributed by atoms with Crippen molar-refractivity contribution in [1.82, 2.24) is 15.0 Å². The third-order valence-corrected chi connectivity index (χ3v) is 1.81. The van der Waals surface area contributed by atoms with Gasteiger partial charge in [-0.1, -0.05) is 5.21 Å². The minimum Gasteiger partial charge on any atom is -0.381 e. The number of anilines is 1. The predicted molar refractivity (Wildman–Crippen MR) is 38.9 cm³/mol. The third-order valence-electron chi connectivity index (χ3n) is 1.81. The number of hydrogen-bond donors (Lipinski definition) is 1. The molecule has 1 aliphatic heterocycles. The van der Waals surface area contributed by atoms with Crippen LogP contribution >= 0.6 is 0 Å². The molecule has 2 heterocycles. The van der Waals surface area contributed by atoms with Crippen LogP contribution in [-0.4, -0.2) is 28.2 Å². The molecule has 0 aliphatic carbocycles. The molecule has 11 heavy (non-hydrogen) atoms. The number of nitrogens with two attached hydrogens (primary N) is 1. The van der Waals surface area contributed by atoms with E-state index < -0.39 is 0 Å². The van der Waals surface area contributed by atoms with E-state index in [1.807, 2.05) is 0 Å². The van der Waals surface area contributed by atoms with Crippen molar-refractivity contribution in [1.29, 1.82) is 0 Å². The molecule has 0 bridgehead atoms. The van der Waals surface area contributed by atoms with Gasteiger partial charge in [-0.25, -0.2) is 4.68 Å². The average Bonchev–Trinajstić information content (AvgIpc) is 2.55. The van der Waals surface area contributed by atoms with Crippen molar-refractivity contribution in [3.63, 3.8) is 0 Å². The van der Waals surface area contributed by atoms with Gasteiger partial charge >= 0.3 is 0 Å². The molecule has 2 N–H and O–H groups in total. The molecule has 1 saturated heterocycles. The monoisotopic (exact) mass is 154 g/mol. The fourth-order valence-electron chi connectivity index (χ4n) is 1.20. The van der Waals surface area contributed by atoms with Crippen LogP contribution in [0.2, 0.25) is 0 Å². The molecule has 1 unspecified atom stereocenters. The van der Waals surface area contributed by atoms with Crippen LogP contribution in [0.3, 0.4) is 0 Å². The van der Waals surface area contributed by atoms with E-state index in [1.165, 1.54) is 0 Å². The first kappa shape index (κ1) is 6.60.